The largest absolute Gasteiger partial charge is 0.330 e. The van der Waals surface area contributed by atoms with Gasteiger partial charge in [-0.25, -0.2) is 4.72 Å². The van der Waals surface area contributed by atoms with E-state index in [-0.39, 0.29) is 18.4 Å². The number of nitrogens with zero attached hydrogens (tertiary/aromatic N) is 1. The van der Waals surface area contributed by atoms with E-state index < -0.39 is 10.2 Å². The number of halogens is 1. The fraction of sp³-hybridized carbons (Fsp3) is 1.00. The van der Waals surface area contributed by atoms with Gasteiger partial charge in [-0.3, -0.25) is 0 Å². The molecular weight excluding hydrogens is 238 g/mol. The molecule has 0 radical (unpaired) electrons. The van der Waals surface area contributed by atoms with Gasteiger partial charge >= 0.3 is 0 Å². The molecule has 1 saturated heterocycles. The highest BCUT2D eigenvalue weighted by Gasteiger charge is 2.35. The summed E-state index contributed by atoms with van der Waals surface area (Å²) in [7, 11) is -3.27. The smallest absolute Gasteiger partial charge is 0.279 e. The van der Waals surface area contributed by atoms with Crippen molar-refractivity contribution in [1.82, 2.24) is 9.03 Å². The van der Waals surface area contributed by atoms with Crippen molar-refractivity contribution in [2.24, 2.45) is 11.7 Å². The van der Waals surface area contributed by atoms with E-state index >= 15 is 0 Å². The van der Waals surface area contributed by atoms with E-state index in [0.29, 0.717) is 25.6 Å². The zero-order chi connectivity index (χ0) is 10.8. The monoisotopic (exact) mass is 257 g/mol. The van der Waals surface area contributed by atoms with Crippen molar-refractivity contribution in [3.05, 3.63) is 0 Å². The van der Waals surface area contributed by atoms with E-state index in [0.717, 1.165) is 6.42 Å². The van der Waals surface area contributed by atoms with Crippen LogP contribution in [-0.2, 0) is 10.2 Å². The molecule has 3 N–H and O–H groups in total. The number of hydrogen-bond donors (Lipinski definition) is 2. The van der Waals surface area contributed by atoms with Crippen molar-refractivity contribution in [3.63, 3.8) is 0 Å². The zero-order valence-corrected chi connectivity index (χ0v) is 10.8. The van der Waals surface area contributed by atoms with Crippen LogP contribution in [-0.4, -0.2) is 38.4 Å². The van der Waals surface area contributed by atoms with Crippen molar-refractivity contribution in [3.8, 4) is 0 Å². The van der Waals surface area contributed by atoms with E-state index in [2.05, 4.69) is 4.72 Å². The van der Waals surface area contributed by atoms with E-state index in [4.69, 9.17) is 5.73 Å². The van der Waals surface area contributed by atoms with Crippen LogP contribution in [0, 0.1) is 5.92 Å². The third-order valence-corrected chi connectivity index (χ3v) is 4.35. The maximum absolute atomic E-state index is 11.7. The average molecular weight is 258 g/mol. The summed E-state index contributed by atoms with van der Waals surface area (Å²) in [5, 5.41) is 0. The molecule has 0 spiro atoms. The van der Waals surface area contributed by atoms with Crippen molar-refractivity contribution >= 4 is 22.6 Å². The van der Waals surface area contributed by atoms with Crippen LogP contribution in [0.1, 0.15) is 20.3 Å². The van der Waals surface area contributed by atoms with Crippen molar-refractivity contribution in [2.75, 3.05) is 19.6 Å². The summed E-state index contributed by atoms with van der Waals surface area (Å²) in [6.07, 6.45) is 0.862. The molecule has 1 aliphatic rings. The first kappa shape index (κ1) is 15.1. The quantitative estimate of drug-likeness (QED) is 0.741. The van der Waals surface area contributed by atoms with E-state index in [1.54, 1.807) is 6.92 Å². The molecule has 1 aliphatic heterocycles. The first-order valence-corrected chi connectivity index (χ1v) is 6.41. The second kappa shape index (κ2) is 6.00. The van der Waals surface area contributed by atoms with Crippen LogP contribution >= 0.6 is 12.4 Å². The number of nitrogens with one attached hydrogen (secondary N) is 1. The Balaban J connectivity index is 0.00000196. The van der Waals surface area contributed by atoms with Gasteiger partial charge < -0.3 is 5.73 Å². The molecule has 0 aromatic carbocycles. The second-order valence-electron chi connectivity index (χ2n) is 3.76. The molecule has 1 heterocycles. The van der Waals surface area contributed by atoms with Gasteiger partial charge in [-0.2, -0.15) is 12.7 Å². The molecular formula is C8H20ClN3O2S. The lowest BCUT2D eigenvalue weighted by Gasteiger charge is -2.20. The van der Waals surface area contributed by atoms with Crippen LogP contribution in [0.25, 0.3) is 0 Å². The third-order valence-electron chi connectivity index (χ3n) is 2.57. The van der Waals surface area contributed by atoms with Gasteiger partial charge in [-0.05, 0) is 25.8 Å². The Kier molecular flexibility index (Phi) is 6.05. The third kappa shape index (κ3) is 3.57. The summed E-state index contributed by atoms with van der Waals surface area (Å²) < 4.78 is 27.4. The standard InChI is InChI=1S/C8H19N3O2S.ClH/c1-3-10-14(12,13)11-6-8(5-9)4-7(11)2;/h7-8,10H,3-6,9H2,1-2H3;1H. The maximum atomic E-state index is 11.7. The molecule has 1 fully saturated rings. The van der Waals surface area contributed by atoms with Gasteiger partial charge in [-0.1, -0.05) is 6.92 Å². The fourth-order valence-electron chi connectivity index (χ4n) is 1.88. The topological polar surface area (TPSA) is 75.4 Å². The first-order chi connectivity index (χ1) is 6.51. The van der Waals surface area contributed by atoms with Crippen LogP contribution in [0.4, 0.5) is 0 Å². The number of hydrogen-bond acceptors (Lipinski definition) is 3. The van der Waals surface area contributed by atoms with Gasteiger partial charge in [0.05, 0.1) is 0 Å². The highest BCUT2D eigenvalue weighted by molar-refractivity contribution is 7.87. The van der Waals surface area contributed by atoms with Gasteiger partial charge in [0.1, 0.15) is 0 Å². The van der Waals surface area contributed by atoms with Crippen LogP contribution in [0.5, 0.6) is 0 Å². The van der Waals surface area contributed by atoms with Crippen LogP contribution < -0.4 is 10.5 Å². The molecule has 2 atom stereocenters. The van der Waals surface area contributed by atoms with Crippen LogP contribution in [0.3, 0.4) is 0 Å². The summed E-state index contributed by atoms with van der Waals surface area (Å²) in [5.74, 6) is 0.304. The Hall–Kier alpha value is 0.120. The predicted molar refractivity (Wildman–Crippen MR) is 63.2 cm³/mol. The lowest BCUT2D eigenvalue weighted by Crippen LogP contribution is -2.42. The Morgan fingerprint density at radius 2 is 2.13 bits per heavy atom. The minimum absolute atomic E-state index is 0. The summed E-state index contributed by atoms with van der Waals surface area (Å²) in [6, 6.07) is 0.0626. The van der Waals surface area contributed by atoms with Crippen LogP contribution in [0.15, 0.2) is 0 Å². The molecule has 92 valence electrons. The minimum Gasteiger partial charge on any atom is -0.330 e. The maximum Gasteiger partial charge on any atom is 0.279 e. The Labute approximate surface area is 98.0 Å². The summed E-state index contributed by atoms with van der Waals surface area (Å²) in [4.78, 5) is 0. The summed E-state index contributed by atoms with van der Waals surface area (Å²) >= 11 is 0. The van der Waals surface area contributed by atoms with Crippen molar-refractivity contribution in [2.45, 2.75) is 26.3 Å². The SMILES string of the molecule is CCNS(=O)(=O)N1CC(CN)CC1C.Cl. The molecule has 7 heteroatoms. The summed E-state index contributed by atoms with van der Waals surface area (Å²) in [6.45, 7) is 5.23. The molecule has 0 aromatic heterocycles. The highest BCUT2D eigenvalue weighted by Crippen LogP contribution is 2.24. The van der Waals surface area contributed by atoms with Gasteiger partial charge in [0.25, 0.3) is 10.2 Å². The van der Waals surface area contributed by atoms with Crippen molar-refractivity contribution in [1.29, 1.82) is 0 Å². The van der Waals surface area contributed by atoms with E-state index in [1.807, 2.05) is 6.92 Å². The van der Waals surface area contributed by atoms with E-state index in [9.17, 15) is 8.42 Å². The Morgan fingerprint density at radius 3 is 2.53 bits per heavy atom. The predicted octanol–water partition coefficient (Wildman–Crippen LogP) is -0.0684. The lowest BCUT2D eigenvalue weighted by molar-refractivity contribution is 0.397. The van der Waals surface area contributed by atoms with Gasteiger partial charge in [0.15, 0.2) is 0 Å². The molecule has 15 heavy (non-hydrogen) atoms. The molecule has 1 rings (SSSR count). The first-order valence-electron chi connectivity index (χ1n) is 4.97. The molecule has 0 aromatic rings. The Morgan fingerprint density at radius 1 is 1.53 bits per heavy atom. The van der Waals surface area contributed by atoms with Crippen LogP contribution in [0.2, 0.25) is 0 Å². The normalized spacial score (nSPS) is 27.7. The number of nitrogens with two attached hydrogens (primary N) is 1. The Bertz CT molecular complexity index is 284. The molecule has 0 aliphatic carbocycles. The fourth-order valence-corrected chi connectivity index (χ4v) is 3.38. The second-order valence-corrected chi connectivity index (χ2v) is 5.47. The minimum atomic E-state index is -3.27. The van der Waals surface area contributed by atoms with Gasteiger partial charge in [0.2, 0.25) is 0 Å². The lowest BCUT2D eigenvalue weighted by atomic mass is 10.1. The molecule has 0 saturated carbocycles. The molecule has 0 amide bonds. The zero-order valence-electron chi connectivity index (χ0n) is 9.14. The molecule has 0 bridgehead atoms. The van der Waals surface area contributed by atoms with E-state index in [1.165, 1.54) is 4.31 Å². The average Bonchev–Trinajstić information content (AvgIpc) is 2.47. The number of rotatable bonds is 4. The van der Waals surface area contributed by atoms with Crippen molar-refractivity contribution < 1.29 is 8.42 Å². The highest BCUT2D eigenvalue weighted by atomic mass is 35.5. The van der Waals surface area contributed by atoms with Gasteiger partial charge in [-0.15, -0.1) is 12.4 Å². The molecule has 2 unspecified atom stereocenters. The molecule has 5 nitrogen and oxygen atoms in total. The summed E-state index contributed by atoms with van der Waals surface area (Å²) in [5.41, 5.74) is 5.53. The van der Waals surface area contributed by atoms with Gasteiger partial charge in [0, 0.05) is 19.1 Å².